The van der Waals surface area contributed by atoms with Crippen LogP contribution in [0.25, 0.3) is 0 Å². The van der Waals surface area contributed by atoms with E-state index in [1.54, 1.807) is 6.92 Å². The Labute approximate surface area is 129 Å². The van der Waals surface area contributed by atoms with Gasteiger partial charge in [0.2, 0.25) is 5.91 Å². The van der Waals surface area contributed by atoms with Crippen molar-refractivity contribution in [3.8, 4) is 0 Å². The van der Waals surface area contributed by atoms with E-state index in [9.17, 15) is 19.7 Å². The Morgan fingerprint density at radius 3 is 2.41 bits per heavy atom. The van der Waals surface area contributed by atoms with Gasteiger partial charge in [-0.25, -0.2) is 0 Å². The molecule has 0 spiro atoms. The van der Waals surface area contributed by atoms with Crippen LogP contribution in [-0.4, -0.2) is 28.8 Å². The first-order valence-corrected chi connectivity index (χ1v) is 7.24. The van der Waals surface area contributed by atoms with Gasteiger partial charge in [0, 0.05) is 23.7 Å². The smallest absolute Gasteiger partial charge is 0.270 e. The Balaban J connectivity index is 2.69. The summed E-state index contributed by atoms with van der Waals surface area (Å²) in [6.07, 6.45) is 1.63. The maximum absolute atomic E-state index is 12.0. The lowest BCUT2D eigenvalue weighted by atomic mass is 10.1. The van der Waals surface area contributed by atoms with Gasteiger partial charge in [0.1, 0.15) is 6.04 Å². The molecule has 0 aliphatic heterocycles. The molecule has 0 saturated carbocycles. The first-order chi connectivity index (χ1) is 10.4. The predicted molar refractivity (Wildman–Crippen MR) is 82.5 cm³/mol. The molecule has 7 nitrogen and oxygen atoms in total. The number of hydrogen-bond donors (Lipinski definition) is 2. The minimum absolute atomic E-state index is 0.0738. The lowest BCUT2D eigenvalue weighted by Crippen LogP contribution is -2.47. The zero-order valence-electron chi connectivity index (χ0n) is 13.0. The molecule has 120 valence electrons. The Kier molecular flexibility index (Phi) is 6.49. The molecule has 1 unspecified atom stereocenters. The van der Waals surface area contributed by atoms with E-state index in [0.29, 0.717) is 0 Å². The van der Waals surface area contributed by atoms with Crippen LogP contribution in [0.5, 0.6) is 0 Å². The number of hydrogen-bond acceptors (Lipinski definition) is 4. The van der Waals surface area contributed by atoms with Crippen molar-refractivity contribution in [1.29, 1.82) is 0 Å². The quantitative estimate of drug-likeness (QED) is 0.594. The number of non-ortho nitro benzene ring substituents is 1. The van der Waals surface area contributed by atoms with Gasteiger partial charge in [-0.05, 0) is 25.8 Å². The van der Waals surface area contributed by atoms with Gasteiger partial charge in [-0.2, -0.15) is 0 Å². The van der Waals surface area contributed by atoms with Crippen LogP contribution >= 0.6 is 0 Å². The third-order valence-electron chi connectivity index (χ3n) is 3.39. The highest BCUT2D eigenvalue weighted by atomic mass is 16.6. The minimum atomic E-state index is -0.715. The van der Waals surface area contributed by atoms with Crippen molar-refractivity contribution in [3.05, 3.63) is 39.9 Å². The fourth-order valence-corrected chi connectivity index (χ4v) is 1.93. The van der Waals surface area contributed by atoms with Gasteiger partial charge in [0.25, 0.3) is 11.6 Å². The molecule has 0 heterocycles. The number of carbonyl (C=O) groups excluding carboxylic acids is 2. The fourth-order valence-electron chi connectivity index (χ4n) is 1.93. The second-order valence-electron chi connectivity index (χ2n) is 5.02. The molecule has 1 rings (SSSR count). The maximum Gasteiger partial charge on any atom is 0.270 e. The highest BCUT2D eigenvalue weighted by molar-refractivity contribution is 5.97. The van der Waals surface area contributed by atoms with Crippen LogP contribution in [-0.2, 0) is 4.79 Å². The molecule has 1 atom stereocenters. The van der Waals surface area contributed by atoms with E-state index in [2.05, 4.69) is 10.6 Å². The van der Waals surface area contributed by atoms with Crippen molar-refractivity contribution in [3.63, 3.8) is 0 Å². The third kappa shape index (κ3) is 4.83. The SMILES string of the molecule is CCC(CC)NC(=O)C(C)NC(=O)c1cccc([N+](=O)[O-])c1. The van der Waals surface area contributed by atoms with Crippen LogP contribution in [0.15, 0.2) is 24.3 Å². The standard InChI is InChI=1S/C15H21N3O4/c1-4-12(5-2)17-14(19)10(3)16-15(20)11-7-6-8-13(9-11)18(21)22/h6-10,12H,4-5H2,1-3H3,(H,16,20)(H,17,19). The highest BCUT2D eigenvalue weighted by Crippen LogP contribution is 2.13. The topological polar surface area (TPSA) is 101 Å². The summed E-state index contributed by atoms with van der Waals surface area (Å²) in [5.41, 5.74) is -0.0156. The van der Waals surface area contributed by atoms with E-state index < -0.39 is 16.9 Å². The maximum atomic E-state index is 12.0. The number of rotatable bonds is 7. The van der Waals surface area contributed by atoms with Crippen molar-refractivity contribution in [2.45, 2.75) is 45.7 Å². The van der Waals surface area contributed by atoms with E-state index >= 15 is 0 Å². The van der Waals surface area contributed by atoms with E-state index in [0.717, 1.165) is 12.8 Å². The first kappa shape index (κ1) is 17.6. The van der Waals surface area contributed by atoms with Gasteiger partial charge in [-0.1, -0.05) is 19.9 Å². The molecular weight excluding hydrogens is 286 g/mol. The van der Waals surface area contributed by atoms with Crippen LogP contribution in [0.2, 0.25) is 0 Å². The molecule has 2 N–H and O–H groups in total. The monoisotopic (exact) mass is 307 g/mol. The molecule has 1 aromatic rings. The summed E-state index contributed by atoms with van der Waals surface area (Å²) in [5, 5.41) is 16.1. The van der Waals surface area contributed by atoms with Gasteiger partial charge in [-0.3, -0.25) is 19.7 Å². The summed E-state index contributed by atoms with van der Waals surface area (Å²) < 4.78 is 0. The number of amides is 2. The Hall–Kier alpha value is -2.44. The summed E-state index contributed by atoms with van der Waals surface area (Å²) in [7, 11) is 0. The number of nitrogens with one attached hydrogen (secondary N) is 2. The summed E-state index contributed by atoms with van der Waals surface area (Å²) in [4.78, 5) is 34.2. The fraction of sp³-hybridized carbons (Fsp3) is 0.467. The van der Waals surface area contributed by atoms with Crippen molar-refractivity contribution < 1.29 is 14.5 Å². The average Bonchev–Trinajstić information content (AvgIpc) is 2.52. The van der Waals surface area contributed by atoms with E-state index in [4.69, 9.17) is 0 Å². The van der Waals surface area contributed by atoms with Gasteiger partial charge in [0.15, 0.2) is 0 Å². The molecule has 0 fully saturated rings. The molecule has 0 radical (unpaired) electrons. The second-order valence-corrected chi connectivity index (χ2v) is 5.02. The lowest BCUT2D eigenvalue weighted by molar-refractivity contribution is -0.384. The minimum Gasteiger partial charge on any atom is -0.352 e. The summed E-state index contributed by atoms with van der Waals surface area (Å²) in [6.45, 7) is 5.52. The van der Waals surface area contributed by atoms with Gasteiger partial charge >= 0.3 is 0 Å². The molecule has 0 aliphatic rings. The van der Waals surface area contributed by atoms with E-state index in [1.807, 2.05) is 13.8 Å². The normalized spacial score (nSPS) is 11.8. The van der Waals surface area contributed by atoms with Crippen LogP contribution in [0.3, 0.4) is 0 Å². The number of carbonyl (C=O) groups is 2. The average molecular weight is 307 g/mol. The lowest BCUT2D eigenvalue weighted by Gasteiger charge is -2.19. The van der Waals surface area contributed by atoms with E-state index in [1.165, 1.54) is 24.3 Å². The largest absolute Gasteiger partial charge is 0.352 e. The first-order valence-electron chi connectivity index (χ1n) is 7.24. The molecule has 22 heavy (non-hydrogen) atoms. The molecule has 0 aromatic heterocycles. The van der Waals surface area contributed by atoms with Crippen LogP contribution in [0, 0.1) is 10.1 Å². The molecule has 0 aliphatic carbocycles. The Morgan fingerprint density at radius 1 is 1.23 bits per heavy atom. The molecule has 2 amide bonds. The summed E-state index contributed by atoms with van der Waals surface area (Å²) >= 11 is 0. The molecule has 1 aromatic carbocycles. The highest BCUT2D eigenvalue weighted by Gasteiger charge is 2.19. The van der Waals surface area contributed by atoms with Crippen LogP contribution < -0.4 is 10.6 Å². The summed E-state index contributed by atoms with van der Waals surface area (Å²) in [5.74, 6) is -0.789. The Bertz CT molecular complexity index is 555. The van der Waals surface area contributed by atoms with Gasteiger partial charge in [0.05, 0.1) is 4.92 Å². The predicted octanol–water partition coefficient (Wildman–Crippen LogP) is 2.02. The number of nitro groups is 1. The van der Waals surface area contributed by atoms with Crippen molar-refractivity contribution >= 4 is 17.5 Å². The second kappa shape index (κ2) is 8.11. The van der Waals surface area contributed by atoms with Gasteiger partial charge < -0.3 is 10.6 Å². The van der Waals surface area contributed by atoms with Gasteiger partial charge in [-0.15, -0.1) is 0 Å². The summed E-state index contributed by atoms with van der Waals surface area (Å²) in [6, 6.07) is 4.74. The number of nitro benzene ring substituents is 1. The molecular formula is C15H21N3O4. The molecule has 0 saturated heterocycles. The Morgan fingerprint density at radius 2 is 1.86 bits per heavy atom. The van der Waals surface area contributed by atoms with Crippen molar-refractivity contribution in [2.75, 3.05) is 0 Å². The third-order valence-corrected chi connectivity index (χ3v) is 3.39. The van der Waals surface area contributed by atoms with Crippen molar-refractivity contribution in [2.24, 2.45) is 0 Å². The van der Waals surface area contributed by atoms with Crippen LogP contribution in [0.4, 0.5) is 5.69 Å². The van der Waals surface area contributed by atoms with E-state index in [-0.39, 0.29) is 23.2 Å². The zero-order valence-corrected chi connectivity index (χ0v) is 13.0. The molecule has 7 heteroatoms. The molecule has 0 bridgehead atoms. The van der Waals surface area contributed by atoms with Crippen molar-refractivity contribution in [1.82, 2.24) is 10.6 Å². The zero-order chi connectivity index (χ0) is 16.7. The number of nitrogens with zero attached hydrogens (tertiary/aromatic N) is 1. The van der Waals surface area contributed by atoms with Crippen LogP contribution in [0.1, 0.15) is 44.0 Å². The number of benzene rings is 1.